The van der Waals surface area contributed by atoms with Crippen LogP contribution in [0, 0.1) is 0 Å². The zero-order chi connectivity index (χ0) is 12.8. The number of aryl methyl sites for hydroxylation is 1. The van der Waals surface area contributed by atoms with Gasteiger partial charge in [0, 0.05) is 4.83 Å². The lowest BCUT2D eigenvalue weighted by molar-refractivity contribution is 0.912. The van der Waals surface area contributed by atoms with Crippen LogP contribution in [-0.2, 0) is 12.8 Å². The predicted molar refractivity (Wildman–Crippen MR) is 82.3 cm³/mol. The predicted octanol–water partition coefficient (Wildman–Crippen LogP) is 5.32. The van der Waals surface area contributed by atoms with E-state index in [1.807, 2.05) is 0 Å². The lowest BCUT2D eigenvalue weighted by Gasteiger charge is -2.11. The van der Waals surface area contributed by atoms with Crippen LogP contribution < -0.4 is 0 Å². The van der Waals surface area contributed by atoms with Gasteiger partial charge in [0.15, 0.2) is 0 Å². The van der Waals surface area contributed by atoms with E-state index in [0.717, 1.165) is 6.42 Å². The van der Waals surface area contributed by atoms with Crippen LogP contribution in [0.25, 0.3) is 0 Å². The molecule has 0 aliphatic carbocycles. The average molecular weight is 303 g/mol. The van der Waals surface area contributed by atoms with E-state index < -0.39 is 0 Å². The van der Waals surface area contributed by atoms with Crippen molar-refractivity contribution in [2.45, 2.75) is 31.0 Å². The van der Waals surface area contributed by atoms with Gasteiger partial charge in [-0.2, -0.15) is 0 Å². The van der Waals surface area contributed by atoms with E-state index in [2.05, 4.69) is 77.5 Å². The molecule has 1 heteroatoms. The van der Waals surface area contributed by atoms with Crippen molar-refractivity contribution in [1.82, 2.24) is 0 Å². The Balaban J connectivity index is 2.02. The van der Waals surface area contributed by atoms with Gasteiger partial charge in [0.1, 0.15) is 0 Å². The summed E-state index contributed by atoms with van der Waals surface area (Å²) in [7, 11) is 0. The maximum absolute atomic E-state index is 3.79. The van der Waals surface area contributed by atoms with Gasteiger partial charge in [-0.3, -0.25) is 0 Å². The smallest absolute Gasteiger partial charge is 0.0435 e. The highest BCUT2D eigenvalue weighted by molar-refractivity contribution is 9.09. The summed E-state index contributed by atoms with van der Waals surface area (Å²) in [6, 6.07) is 19.6. The molecule has 1 atom stereocenters. The van der Waals surface area contributed by atoms with E-state index in [1.165, 1.54) is 29.5 Å². The number of benzene rings is 2. The van der Waals surface area contributed by atoms with Gasteiger partial charge in [-0.1, -0.05) is 83.9 Å². The first kappa shape index (κ1) is 13.4. The van der Waals surface area contributed by atoms with Crippen LogP contribution in [0.2, 0.25) is 0 Å². The minimum Gasteiger partial charge on any atom is -0.0835 e. The highest BCUT2D eigenvalue weighted by Crippen LogP contribution is 2.27. The third-order valence-corrected chi connectivity index (χ3v) is 3.99. The number of rotatable bonds is 5. The van der Waals surface area contributed by atoms with Crippen molar-refractivity contribution in [2.75, 3.05) is 0 Å². The minimum atomic E-state index is 0.399. The van der Waals surface area contributed by atoms with Crippen molar-refractivity contribution in [3.63, 3.8) is 0 Å². The molecule has 2 rings (SSSR count). The molecule has 0 aliphatic heterocycles. The van der Waals surface area contributed by atoms with E-state index in [4.69, 9.17) is 0 Å². The van der Waals surface area contributed by atoms with Gasteiger partial charge in [0.05, 0.1) is 0 Å². The van der Waals surface area contributed by atoms with Crippen LogP contribution in [0.15, 0.2) is 54.6 Å². The molecule has 0 aliphatic rings. The second-order valence-electron chi connectivity index (χ2n) is 4.65. The Labute approximate surface area is 118 Å². The Kier molecular flexibility index (Phi) is 5.00. The number of alkyl halides is 1. The van der Waals surface area contributed by atoms with Gasteiger partial charge < -0.3 is 0 Å². The molecule has 2 aromatic rings. The van der Waals surface area contributed by atoms with Crippen molar-refractivity contribution in [3.05, 3.63) is 71.3 Å². The van der Waals surface area contributed by atoms with Crippen LogP contribution in [0.4, 0.5) is 0 Å². The first-order valence-corrected chi connectivity index (χ1v) is 7.48. The zero-order valence-electron chi connectivity index (χ0n) is 10.8. The molecule has 0 radical (unpaired) electrons. The van der Waals surface area contributed by atoms with Gasteiger partial charge in [-0.05, 0) is 29.5 Å². The Hall–Kier alpha value is -1.08. The molecule has 0 fully saturated rings. The van der Waals surface area contributed by atoms with Crippen LogP contribution in [0.1, 0.15) is 34.9 Å². The highest BCUT2D eigenvalue weighted by Gasteiger charge is 2.08. The van der Waals surface area contributed by atoms with Crippen molar-refractivity contribution in [1.29, 1.82) is 0 Å². The SMILES string of the molecule is CCCc1ccc(C(Br)Cc2ccccc2)cc1. The third kappa shape index (κ3) is 3.71. The Morgan fingerprint density at radius 2 is 1.56 bits per heavy atom. The normalized spacial score (nSPS) is 12.3. The molecule has 1 unspecified atom stereocenters. The fourth-order valence-corrected chi connectivity index (χ4v) is 2.80. The van der Waals surface area contributed by atoms with Crippen molar-refractivity contribution in [2.24, 2.45) is 0 Å². The molecule has 0 bridgehead atoms. The van der Waals surface area contributed by atoms with Crippen molar-refractivity contribution in [3.8, 4) is 0 Å². The summed E-state index contributed by atoms with van der Waals surface area (Å²) in [5, 5.41) is 0. The summed E-state index contributed by atoms with van der Waals surface area (Å²) in [6.45, 7) is 2.22. The second kappa shape index (κ2) is 6.75. The quantitative estimate of drug-likeness (QED) is 0.656. The lowest BCUT2D eigenvalue weighted by Crippen LogP contribution is -1.95. The second-order valence-corrected chi connectivity index (χ2v) is 5.75. The van der Waals surface area contributed by atoms with E-state index >= 15 is 0 Å². The summed E-state index contributed by atoms with van der Waals surface area (Å²) in [5.74, 6) is 0. The molecule has 0 N–H and O–H groups in total. The third-order valence-electron chi connectivity index (χ3n) is 3.14. The Morgan fingerprint density at radius 3 is 2.17 bits per heavy atom. The largest absolute Gasteiger partial charge is 0.0835 e. The van der Waals surface area contributed by atoms with E-state index in [9.17, 15) is 0 Å². The summed E-state index contributed by atoms with van der Waals surface area (Å²) in [6.07, 6.45) is 3.42. The average Bonchev–Trinajstić information content (AvgIpc) is 2.41. The molecule has 0 aromatic heterocycles. The molecule has 94 valence electrons. The lowest BCUT2D eigenvalue weighted by atomic mass is 10.0. The Morgan fingerprint density at radius 1 is 0.889 bits per heavy atom. The van der Waals surface area contributed by atoms with Gasteiger partial charge in [0.25, 0.3) is 0 Å². The van der Waals surface area contributed by atoms with Gasteiger partial charge in [-0.25, -0.2) is 0 Å². The minimum absolute atomic E-state index is 0.399. The molecule has 0 spiro atoms. The van der Waals surface area contributed by atoms with Gasteiger partial charge in [-0.15, -0.1) is 0 Å². The summed E-state index contributed by atoms with van der Waals surface area (Å²) in [5.41, 5.74) is 4.16. The van der Waals surface area contributed by atoms with Crippen LogP contribution >= 0.6 is 15.9 Å². The molecular weight excluding hydrogens is 284 g/mol. The van der Waals surface area contributed by atoms with Gasteiger partial charge in [0.2, 0.25) is 0 Å². The van der Waals surface area contributed by atoms with Crippen molar-refractivity contribution >= 4 is 15.9 Å². The molecule has 0 heterocycles. The first-order chi connectivity index (χ1) is 8.79. The Bertz CT molecular complexity index is 459. The molecule has 0 nitrogen and oxygen atoms in total. The highest BCUT2D eigenvalue weighted by atomic mass is 79.9. The molecule has 0 saturated carbocycles. The van der Waals surface area contributed by atoms with Crippen LogP contribution in [0.3, 0.4) is 0 Å². The zero-order valence-corrected chi connectivity index (χ0v) is 12.4. The summed E-state index contributed by atoms with van der Waals surface area (Å²) in [4.78, 5) is 0.399. The first-order valence-electron chi connectivity index (χ1n) is 6.56. The summed E-state index contributed by atoms with van der Waals surface area (Å²) < 4.78 is 0. The topological polar surface area (TPSA) is 0 Å². The standard InChI is InChI=1S/C17H19Br/c1-2-6-14-9-11-16(12-10-14)17(18)13-15-7-4-3-5-8-15/h3-5,7-12,17H,2,6,13H2,1H3. The number of halogens is 1. The molecule has 18 heavy (non-hydrogen) atoms. The molecule has 2 aromatic carbocycles. The number of hydrogen-bond donors (Lipinski definition) is 0. The molecular formula is C17H19Br. The fraction of sp³-hybridized carbons (Fsp3) is 0.294. The molecule has 0 amide bonds. The van der Waals surface area contributed by atoms with Gasteiger partial charge >= 0.3 is 0 Å². The summed E-state index contributed by atoms with van der Waals surface area (Å²) >= 11 is 3.79. The van der Waals surface area contributed by atoms with E-state index in [1.54, 1.807) is 0 Å². The van der Waals surface area contributed by atoms with Crippen LogP contribution in [0.5, 0.6) is 0 Å². The monoisotopic (exact) mass is 302 g/mol. The maximum Gasteiger partial charge on any atom is 0.0435 e. The van der Waals surface area contributed by atoms with Crippen molar-refractivity contribution < 1.29 is 0 Å². The fourth-order valence-electron chi connectivity index (χ4n) is 2.12. The number of hydrogen-bond acceptors (Lipinski definition) is 0. The van der Waals surface area contributed by atoms with E-state index in [-0.39, 0.29) is 0 Å². The van der Waals surface area contributed by atoms with E-state index in [0.29, 0.717) is 4.83 Å². The maximum atomic E-state index is 3.79. The van der Waals surface area contributed by atoms with Crippen LogP contribution in [-0.4, -0.2) is 0 Å². The molecule has 0 saturated heterocycles.